The number of benzene rings is 2. The van der Waals surface area contributed by atoms with E-state index < -0.39 is 9.84 Å². The quantitative estimate of drug-likeness (QED) is 0.896. The van der Waals surface area contributed by atoms with Crippen LogP contribution in [-0.2, 0) is 14.6 Å². The van der Waals surface area contributed by atoms with Gasteiger partial charge in [-0.05, 0) is 55.0 Å². The van der Waals surface area contributed by atoms with E-state index in [1.165, 1.54) is 24.3 Å². The van der Waals surface area contributed by atoms with Gasteiger partial charge in [-0.3, -0.25) is 4.79 Å². The summed E-state index contributed by atoms with van der Waals surface area (Å²) in [6.07, 6.45) is 1.13. The first-order valence-electron chi connectivity index (χ1n) is 6.74. The summed E-state index contributed by atoms with van der Waals surface area (Å²) in [6.45, 7) is 1.68. The Labute approximate surface area is 140 Å². The highest BCUT2D eigenvalue weighted by Crippen LogP contribution is 2.21. The fourth-order valence-corrected chi connectivity index (χ4v) is 2.76. The largest absolute Gasteiger partial charge is 0.483 e. The Balaban J connectivity index is 1.94. The molecule has 0 spiro atoms. The summed E-state index contributed by atoms with van der Waals surface area (Å²) in [7, 11) is -3.25. The van der Waals surface area contributed by atoms with E-state index in [-0.39, 0.29) is 17.4 Å². The summed E-state index contributed by atoms with van der Waals surface area (Å²) >= 11 is 5.85. The molecule has 23 heavy (non-hydrogen) atoms. The minimum atomic E-state index is -3.25. The first-order chi connectivity index (χ1) is 10.8. The zero-order valence-corrected chi connectivity index (χ0v) is 14.2. The van der Waals surface area contributed by atoms with Gasteiger partial charge >= 0.3 is 0 Å². The van der Waals surface area contributed by atoms with Crippen molar-refractivity contribution in [2.75, 3.05) is 18.2 Å². The van der Waals surface area contributed by atoms with Crippen molar-refractivity contribution in [3.8, 4) is 5.75 Å². The Morgan fingerprint density at radius 3 is 2.39 bits per heavy atom. The van der Waals surface area contributed by atoms with Gasteiger partial charge < -0.3 is 10.1 Å². The molecule has 0 radical (unpaired) electrons. The lowest BCUT2D eigenvalue weighted by molar-refractivity contribution is -0.118. The van der Waals surface area contributed by atoms with Gasteiger partial charge in [0.2, 0.25) is 0 Å². The van der Waals surface area contributed by atoms with Crippen molar-refractivity contribution in [3.63, 3.8) is 0 Å². The zero-order chi connectivity index (χ0) is 17.0. The molecule has 2 rings (SSSR count). The van der Waals surface area contributed by atoms with Crippen LogP contribution in [0, 0.1) is 6.92 Å². The monoisotopic (exact) mass is 353 g/mol. The molecule has 0 heterocycles. The molecule has 0 fully saturated rings. The molecule has 0 saturated heterocycles. The van der Waals surface area contributed by atoms with Crippen LogP contribution in [0.4, 0.5) is 5.69 Å². The molecule has 0 bridgehead atoms. The van der Waals surface area contributed by atoms with Gasteiger partial charge in [-0.25, -0.2) is 8.42 Å². The zero-order valence-electron chi connectivity index (χ0n) is 12.7. The fraction of sp³-hybridized carbons (Fsp3) is 0.188. The number of sulfone groups is 1. The number of hydrogen-bond acceptors (Lipinski definition) is 4. The Kier molecular flexibility index (Phi) is 5.28. The van der Waals surface area contributed by atoms with Gasteiger partial charge in [-0.1, -0.05) is 11.6 Å². The molecular weight excluding hydrogens is 338 g/mol. The third kappa shape index (κ3) is 4.97. The molecule has 0 saturated carbocycles. The second-order valence-electron chi connectivity index (χ2n) is 5.04. The average Bonchev–Trinajstić information content (AvgIpc) is 2.46. The number of aryl methyl sites for hydroxylation is 1. The molecule has 2 aromatic carbocycles. The van der Waals surface area contributed by atoms with Crippen LogP contribution in [0.2, 0.25) is 5.02 Å². The molecule has 0 aliphatic heterocycles. The Morgan fingerprint density at radius 2 is 1.83 bits per heavy atom. The second kappa shape index (κ2) is 7.02. The van der Waals surface area contributed by atoms with Crippen molar-refractivity contribution in [2.45, 2.75) is 11.8 Å². The maximum absolute atomic E-state index is 11.9. The molecule has 0 aliphatic carbocycles. The molecule has 122 valence electrons. The SMILES string of the molecule is Cc1cc(Cl)ccc1OCC(=O)Nc1ccc(S(C)(=O)=O)cc1. The van der Waals surface area contributed by atoms with E-state index in [0.717, 1.165) is 11.8 Å². The van der Waals surface area contributed by atoms with Gasteiger partial charge in [-0.15, -0.1) is 0 Å². The number of carbonyl (C=O) groups is 1. The topological polar surface area (TPSA) is 72.5 Å². The van der Waals surface area contributed by atoms with E-state index >= 15 is 0 Å². The summed E-state index contributed by atoms with van der Waals surface area (Å²) < 4.78 is 28.2. The highest BCUT2D eigenvalue weighted by atomic mass is 35.5. The van der Waals surface area contributed by atoms with Gasteiger partial charge in [0.05, 0.1) is 4.90 Å². The number of hydrogen-bond donors (Lipinski definition) is 1. The summed E-state index contributed by atoms with van der Waals surface area (Å²) in [5, 5.41) is 3.24. The van der Waals surface area contributed by atoms with Crippen LogP contribution in [0.1, 0.15) is 5.56 Å². The highest BCUT2D eigenvalue weighted by Gasteiger charge is 2.09. The first kappa shape index (κ1) is 17.3. The van der Waals surface area contributed by atoms with Crippen molar-refractivity contribution in [3.05, 3.63) is 53.1 Å². The predicted molar refractivity (Wildman–Crippen MR) is 89.9 cm³/mol. The molecule has 0 unspecified atom stereocenters. The van der Waals surface area contributed by atoms with Crippen LogP contribution < -0.4 is 10.1 Å². The third-order valence-corrected chi connectivity index (χ3v) is 4.43. The first-order valence-corrected chi connectivity index (χ1v) is 9.01. The molecular formula is C16H16ClNO4S. The molecule has 2 aromatic rings. The van der Waals surface area contributed by atoms with Crippen LogP contribution in [0.3, 0.4) is 0 Å². The maximum atomic E-state index is 11.9. The molecule has 5 nitrogen and oxygen atoms in total. The lowest BCUT2D eigenvalue weighted by Gasteiger charge is -2.10. The predicted octanol–water partition coefficient (Wildman–Crippen LogP) is 3.07. The van der Waals surface area contributed by atoms with Crippen molar-refractivity contribution in [2.24, 2.45) is 0 Å². The molecule has 1 N–H and O–H groups in total. The second-order valence-corrected chi connectivity index (χ2v) is 7.50. The van der Waals surface area contributed by atoms with Crippen LogP contribution in [0.5, 0.6) is 5.75 Å². The fourth-order valence-electron chi connectivity index (χ4n) is 1.90. The van der Waals surface area contributed by atoms with Crippen molar-refractivity contribution >= 4 is 33.0 Å². The minimum Gasteiger partial charge on any atom is -0.483 e. The molecule has 0 aliphatic rings. The molecule has 0 aromatic heterocycles. The summed E-state index contributed by atoms with van der Waals surface area (Å²) in [6, 6.07) is 11.1. The number of nitrogens with one attached hydrogen (secondary N) is 1. The van der Waals surface area contributed by atoms with Crippen LogP contribution >= 0.6 is 11.6 Å². The highest BCUT2D eigenvalue weighted by molar-refractivity contribution is 7.90. The number of anilines is 1. The molecule has 7 heteroatoms. The van der Waals surface area contributed by atoms with Gasteiger partial charge in [0.1, 0.15) is 5.75 Å². The Hall–Kier alpha value is -2.05. The number of halogens is 1. The summed E-state index contributed by atoms with van der Waals surface area (Å²) in [4.78, 5) is 12.1. The Bertz CT molecular complexity index is 816. The summed E-state index contributed by atoms with van der Waals surface area (Å²) in [5.41, 5.74) is 1.33. The van der Waals surface area contributed by atoms with Crippen LogP contribution in [0.15, 0.2) is 47.4 Å². The van der Waals surface area contributed by atoms with E-state index in [1.807, 2.05) is 6.92 Å². The minimum absolute atomic E-state index is 0.156. The van der Waals surface area contributed by atoms with Gasteiger partial charge in [0, 0.05) is 17.0 Å². The van der Waals surface area contributed by atoms with E-state index in [0.29, 0.717) is 16.5 Å². The Morgan fingerprint density at radius 1 is 1.17 bits per heavy atom. The third-order valence-electron chi connectivity index (χ3n) is 3.06. The number of ether oxygens (including phenoxy) is 1. The number of rotatable bonds is 5. The standard InChI is InChI=1S/C16H16ClNO4S/c1-11-9-12(17)3-8-15(11)22-10-16(19)18-13-4-6-14(7-5-13)23(2,20)21/h3-9H,10H2,1-2H3,(H,18,19). The van der Waals surface area contributed by atoms with Gasteiger partial charge in [0.25, 0.3) is 5.91 Å². The van der Waals surface area contributed by atoms with E-state index in [9.17, 15) is 13.2 Å². The number of carbonyl (C=O) groups excluding carboxylic acids is 1. The van der Waals surface area contributed by atoms with Gasteiger partial charge in [0.15, 0.2) is 16.4 Å². The van der Waals surface area contributed by atoms with Crippen LogP contribution in [-0.4, -0.2) is 27.2 Å². The lowest BCUT2D eigenvalue weighted by Crippen LogP contribution is -2.20. The average molecular weight is 354 g/mol. The van der Waals surface area contributed by atoms with Crippen molar-refractivity contribution < 1.29 is 17.9 Å². The smallest absolute Gasteiger partial charge is 0.262 e. The van der Waals surface area contributed by atoms with Crippen LogP contribution in [0.25, 0.3) is 0 Å². The van der Waals surface area contributed by atoms with Crippen molar-refractivity contribution in [1.82, 2.24) is 0 Å². The summed E-state index contributed by atoms with van der Waals surface area (Å²) in [5.74, 6) is 0.239. The number of amides is 1. The normalized spacial score (nSPS) is 11.1. The molecule has 0 atom stereocenters. The molecule has 1 amide bonds. The maximum Gasteiger partial charge on any atom is 0.262 e. The van der Waals surface area contributed by atoms with Crippen molar-refractivity contribution in [1.29, 1.82) is 0 Å². The van der Waals surface area contributed by atoms with E-state index in [1.54, 1.807) is 18.2 Å². The van der Waals surface area contributed by atoms with E-state index in [2.05, 4.69) is 5.32 Å². The van der Waals surface area contributed by atoms with Gasteiger partial charge in [-0.2, -0.15) is 0 Å². The van der Waals surface area contributed by atoms with E-state index in [4.69, 9.17) is 16.3 Å². The lowest BCUT2D eigenvalue weighted by atomic mass is 10.2.